The van der Waals surface area contributed by atoms with E-state index in [-0.39, 0.29) is 11.0 Å². The molecule has 8 heteroatoms. The molecule has 4 atom stereocenters. The zero-order chi connectivity index (χ0) is 19.9. The summed E-state index contributed by atoms with van der Waals surface area (Å²) in [6.07, 6.45) is 2.80. The molecule has 0 amide bonds. The second kappa shape index (κ2) is 7.82. The average molecular weight is 411 g/mol. The summed E-state index contributed by atoms with van der Waals surface area (Å²) in [6.45, 7) is 2.25. The Labute approximate surface area is 167 Å². The minimum Gasteiger partial charge on any atom is -0.490 e. The zero-order valence-corrected chi connectivity index (χ0v) is 17.7. The molecule has 28 heavy (non-hydrogen) atoms. The molecule has 0 N–H and O–H groups in total. The first-order valence-corrected chi connectivity index (χ1v) is 11.4. The molecular weight excluding hydrogens is 380 g/mol. The maximum absolute atomic E-state index is 13.3. The summed E-state index contributed by atoms with van der Waals surface area (Å²) in [5, 5.41) is 0. The van der Waals surface area contributed by atoms with E-state index < -0.39 is 10.0 Å². The van der Waals surface area contributed by atoms with Crippen LogP contribution in [0, 0.1) is 11.8 Å². The van der Waals surface area contributed by atoms with Gasteiger partial charge in [0, 0.05) is 38.7 Å². The monoisotopic (exact) mass is 410 g/mol. The first-order valence-electron chi connectivity index (χ1n) is 9.99. The Kier molecular flexibility index (Phi) is 5.57. The van der Waals surface area contributed by atoms with Gasteiger partial charge in [-0.2, -0.15) is 4.31 Å². The third kappa shape index (κ3) is 3.63. The van der Waals surface area contributed by atoms with Gasteiger partial charge < -0.3 is 19.1 Å². The van der Waals surface area contributed by atoms with Crippen LogP contribution in [0.2, 0.25) is 0 Å². The van der Waals surface area contributed by atoms with Crippen LogP contribution in [0.3, 0.4) is 0 Å². The Hall–Kier alpha value is -1.35. The van der Waals surface area contributed by atoms with E-state index in [9.17, 15) is 8.42 Å². The molecule has 0 aromatic heterocycles. The summed E-state index contributed by atoms with van der Waals surface area (Å²) in [6, 6.07) is 5.27. The van der Waals surface area contributed by atoms with Crippen molar-refractivity contribution in [3.05, 3.63) is 18.2 Å². The Morgan fingerprint density at radius 1 is 1.07 bits per heavy atom. The van der Waals surface area contributed by atoms with E-state index in [4.69, 9.17) is 14.2 Å². The first-order chi connectivity index (χ1) is 13.4. The maximum atomic E-state index is 13.3. The van der Waals surface area contributed by atoms with Crippen molar-refractivity contribution in [3.8, 4) is 11.5 Å². The molecule has 156 valence electrons. The zero-order valence-electron chi connectivity index (χ0n) is 16.8. The summed E-state index contributed by atoms with van der Waals surface area (Å²) >= 11 is 0. The van der Waals surface area contributed by atoms with Crippen molar-refractivity contribution in [1.29, 1.82) is 0 Å². The van der Waals surface area contributed by atoms with Crippen LogP contribution in [0.15, 0.2) is 23.1 Å². The summed E-state index contributed by atoms with van der Waals surface area (Å²) < 4.78 is 45.3. The van der Waals surface area contributed by atoms with Gasteiger partial charge in [-0.15, -0.1) is 0 Å². The molecule has 1 saturated heterocycles. The Morgan fingerprint density at radius 3 is 2.43 bits per heavy atom. The van der Waals surface area contributed by atoms with Gasteiger partial charge in [-0.05, 0) is 50.9 Å². The van der Waals surface area contributed by atoms with E-state index >= 15 is 0 Å². The van der Waals surface area contributed by atoms with Gasteiger partial charge in [-0.1, -0.05) is 0 Å². The predicted octanol–water partition coefficient (Wildman–Crippen LogP) is 1.82. The van der Waals surface area contributed by atoms with Crippen LogP contribution in [0.1, 0.15) is 19.3 Å². The van der Waals surface area contributed by atoms with Gasteiger partial charge in [0.2, 0.25) is 10.0 Å². The van der Waals surface area contributed by atoms with Crippen molar-refractivity contribution in [2.45, 2.75) is 36.3 Å². The van der Waals surface area contributed by atoms with E-state index in [0.29, 0.717) is 55.7 Å². The lowest BCUT2D eigenvalue weighted by Crippen LogP contribution is -2.47. The summed E-state index contributed by atoms with van der Waals surface area (Å²) in [7, 11) is 2.33. The minimum absolute atomic E-state index is 0.150. The molecule has 0 unspecified atom stereocenters. The fourth-order valence-electron chi connectivity index (χ4n) is 4.79. The fourth-order valence-corrected chi connectivity index (χ4v) is 6.36. The van der Waals surface area contributed by atoms with E-state index in [1.807, 2.05) is 0 Å². The highest BCUT2D eigenvalue weighted by Gasteiger charge is 2.46. The van der Waals surface area contributed by atoms with Crippen molar-refractivity contribution >= 4 is 10.0 Å². The molecule has 3 aliphatic rings. The van der Waals surface area contributed by atoms with Gasteiger partial charge in [-0.3, -0.25) is 0 Å². The third-order valence-corrected chi connectivity index (χ3v) is 8.20. The molecule has 0 spiro atoms. The molecule has 7 nitrogen and oxygen atoms in total. The number of methoxy groups -OCH3 is 1. The number of likely N-dealkylation sites (N-methyl/N-ethyl adjacent to an activating group) is 1. The highest BCUT2D eigenvalue weighted by atomic mass is 32.2. The van der Waals surface area contributed by atoms with Crippen LogP contribution in [-0.2, 0) is 14.8 Å². The largest absolute Gasteiger partial charge is 0.490 e. The average Bonchev–Trinajstić information content (AvgIpc) is 2.96. The number of fused-ring (bicyclic) bond motifs is 2. The van der Waals surface area contributed by atoms with Gasteiger partial charge in [0.25, 0.3) is 0 Å². The highest BCUT2D eigenvalue weighted by molar-refractivity contribution is 7.89. The summed E-state index contributed by atoms with van der Waals surface area (Å²) in [5.74, 6) is 1.84. The molecule has 4 rings (SSSR count). The van der Waals surface area contributed by atoms with Crippen LogP contribution in [-0.4, -0.2) is 77.3 Å². The number of nitrogens with zero attached hydrogens (tertiary/aromatic N) is 2. The van der Waals surface area contributed by atoms with Crippen LogP contribution in [0.5, 0.6) is 11.5 Å². The standard InChI is InChI=1S/C20H30N2O5S/c1-21(2)17-9-14-12-22(13-15(14)10-19(17)25-3)28(23,24)16-5-6-18-20(11-16)27-8-4-7-26-18/h5-6,11,14-15,17,19H,4,7-10,12-13H2,1-3H3/t14-,15+,17-,19-/m1/s1. The van der Waals surface area contributed by atoms with Gasteiger partial charge in [-0.25, -0.2) is 8.42 Å². The minimum atomic E-state index is -3.56. The lowest BCUT2D eigenvalue weighted by molar-refractivity contribution is -0.0209. The smallest absolute Gasteiger partial charge is 0.243 e. The van der Waals surface area contributed by atoms with Gasteiger partial charge in [0.05, 0.1) is 24.2 Å². The topological polar surface area (TPSA) is 68.3 Å². The van der Waals surface area contributed by atoms with E-state index in [0.717, 1.165) is 19.3 Å². The molecule has 0 bridgehead atoms. The van der Waals surface area contributed by atoms with Gasteiger partial charge >= 0.3 is 0 Å². The summed E-state index contributed by atoms with van der Waals surface area (Å²) in [5.41, 5.74) is 0. The molecule has 1 aromatic carbocycles. The molecule has 0 radical (unpaired) electrons. The van der Waals surface area contributed by atoms with Crippen LogP contribution in [0.4, 0.5) is 0 Å². The molecule has 2 fully saturated rings. The SMILES string of the molecule is CO[C@@H]1C[C@H]2CN(S(=O)(=O)c3ccc4c(c3)OCCCO4)C[C@H]2C[C@H]1N(C)C. The van der Waals surface area contributed by atoms with Crippen molar-refractivity contribution in [2.75, 3.05) is 47.5 Å². The molecule has 1 aromatic rings. The molecule has 1 aliphatic carbocycles. The summed E-state index contributed by atoms with van der Waals surface area (Å²) in [4.78, 5) is 2.48. The Bertz CT molecular complexity index is 813. The second-order valence-electron chi connectivity index (χ2n) is 8.28. The van der Waals surface area contributed by atoms with Crippen LogP contribution < -0.4 is 9.47 Å². The molecular formula is C20H30N2O5S. The van der Waals surface area contributed by atoms with Crippen LogP contribution >= 0.6 is 0 Å². The molecule has 2 heterocycles. The van der Waals surface area contributed by atoms with Gasteiger partial charge in [0.15, 0.2) is 11.5 Å². The van der Waals surface area contributed by atoms with Crippen molar-refractivity contribution in [1.82, 2.24) is 9.21 Å². The predicted molar refractivity (Wildman–Crippen MR) is 105 cm³/mol. The Morgan fingerprint density at radius 2 is 1.75 bits per heavy atom. The number of hydrogen-bond acceptors (Lipinski definition) is 6. The lowest BCUT2D eigenvalue weighted by Gasteiger charge is -2.40. The van der Waals surface area contributed by atoms with Gasteiger partial charge in [0.1, 0.15) is 0 Å². The highest BCUT2D eigenvalue weighted by Crippen LogP contribution is 2.41. The van der Waals surface area contributed by atoms with Crippen molar-refractivity contribution in [2.24, 2.45) is 11.8 Å². The third-order valence-electron chi connectivity index (χ3n) is 6.37. The number of hydrogen-bond donors (Lipinski definition) is 0. The Balaban J connectivity index is 1.54. The first kappa shape index (κ1) is 19.9. The second-order valence-corrected chi connectivity index (χ2v) is 10.2. The number of rotatable bonds is 4. The van der Waals surface area contributed by atoms with Crippen LogP contribution in [0.25, 0.3) is 0 Å². The lowest BCUT2D eigenvalue weighted by atomic mass is 9.77. The number of sulfonamides is 1. The normalized spacial score (nSPS) is 30.9. The number of benzene rings is 1. The molecule has 2 aliphatic heterocycles. The quantitative estimate of drug-likeness (QED) is 0.754. The van der Waals surface area contributed by atoms with E-state index in [1.54, 1.807) is 29.6 Å². The maximum Gasteiger partial charge on any atom is 0.243 e. The van der Waals surface area contributed by atoms with Crippen molar-refractivity contribution < 1.29 is 22.6 Å². The molecule has 1 saturated carbocycles. The van der Waals surface area contributed by atoms with E-state index in [2.05, 4.69) is 19.0 Å². The fraction of sp³-hybridized carbons (Fsp3) is 0.700. The van der Waals surface area contributed by atoms with E-state index in [1.165, 1.54) is 0 Å². The number of ether oxygens (including phenoxy) is 3. The van der Waals surface area contributed by atoms with Crippen molar-refractivity contribution in [3.63, 3.8) is 0 Å².